The first-order valence-electron chi connectivity index (χ1n) is 5.83. The summed E-state index contributed by atoms with van der Waals surface area (Å²) in [5.74, 6) is 0.974. The van der Waals surface area contributed by atoms with Crippen LogP contribution in [0.5, 0.6) is 0 Å². The molecule has 5 nitrogen and oxygen atoms in total. The van der Waals surface area contributed by atoms with Gasteiger partial charge in [0.15, 0.2) is 5.13 Å². The van der Waals surface area contributed by atoms with Crippen LogP contribution in [0.3, 0.4) is 0 Å². The van der Waals surface area contributed by atoms with Crippen LogP contribution in [0.25, 0.3) is 11.3 Å². The molecule has 3 N–H and O–H groups in total. The van der Waals surface area contributed by atoms with Gasteiger partial charge in [0.05, 0.1) is 17.5 Å². The summed E-state index contributed by atoms with van der Waals surface area (Å²) in [5, 5.41) is 14.3. The quantitative estimate of drug-likeness (QED) is 0.729. The lowest BCUT2D eigenvalue weighted by molar-refractivity contribution is 1.01. The average Bonchev–Trinajstić information content (AvgIpc) is 2.96. The highest BCUT2D eigenvalue weighted by Crippen LogP contribution is 2.36. The zero-order chi connectivity index (χ0) is 12.3. The van der Waals surface area contributed by atoms with Crippen molar-refractivity contribution in [1.29, 1.82) is 0 Å². The maximum atomic E-state index is 4.55. The van der Waals surface area contributed by atoms with Crippen LogP contribution in [0.15, 0.2) is 6.20 Å². The van der Waals surface area contributed by atoms with Crippen LogP contribution in [-0.4, -0.2) is 28.8 Å². The maximum Gasteiger partial charge on any atom is 0.183 e. The minimum Gasteiger partial charge on any atom is -0.370 e. The predicted octanol–water partition coefficient (Wildman–Crippen LogP) is 2.57. The number of nitrogens with zero attached hydrogens (tertiary/aromatic N) is 2. The normalized spacial score (nSPS) is 12.4. The molecule has 3 rings (SSSR count). The number of anilines is 2. The fourth-order valence-electron chi connectivity index (χ4n) is 1.74. The van der Waals surface area contributed by atoms with Gasteiger partial charge in [0.25, 0.3) is 0 Å². The molecule has 2 aromatic heterocycles. The van der Waals surface area contributed by atoms with Crippen molar-refractivity contribution in [3.05, 3.63) is 11.1 Å². The van der Waals surface area contributed by atoms with Crippen molar-refractivity contribution >= 4 is 22.3 Å². The number of H-pyrrole nitrogens is 1. The summed E-state index contributed by atoms with van der Waals surface area (Å²) >= 11 is 1.71. The third-order valence-corrected chi connectivity index (χ3v) is 3.59. The summed E-state index contributed by atoms with van der Waals surface area (Å²) in [6.07, 6.45) is 2.84. The van der Waals surface area contributed by atoms with Crippen LogP contribution >= 0.6 is 11.3 Å². The minimum absolute atomic E-state index is 0.924. The van der Waals surface area contributed by atoms with E-state index >= 15 is 0 Å². The van der Waals surface area contributed by atoms with Gasteiger partial charge < -0.3 is 10.6 Å². The van der Waals surface area contributed by atoms with Crippen LogP contribution in [0.1, 0.15) is 18.7 Å². The van der Waals surface area contributed by atoms with E-state index in [1.54, 1.807) is 11.3 Å². The number of hydrogen-bond acceptors (Lipinski definition) is 5. The van der Waals surface area contributed by atoms with Gasteiger partial charge in [-0.3, -0.25) is 5.10 Å². The number of hydrogen-bond donors (Lipinski definition) is 3. The lowest BCUT2D eigenvalue weighted by atomic mass is 10.2. The average molecular weight is 251 g/mol. The molecule has 17 heavy (non-hydrogen) atoms. The summed E-state index contributed by atoms with van der Waals surface area (Å²) in [5.41, 5.74) is 2.12. The van der Waals surface area contributed by atoms with Crippen molar-refractivity contribution in [1.82, 2.24) is 15.2 Å². The standard InChI is InChI=1S/C9H11N5S.C2H6/c1-10-9-13-7-5-4-12-14-8(5)11-3-2-6(7)15-9;1-2/h4H,2-3H2,1H3,(H,10,13)(H2,11,12,14);1-2H3. The first kappa shape index (κ1) is 11.9. The summed E-state index contributed by atoms with van der Waals surface area (Å²) in [4.78, 5) is 5.86. The molecular weight excluding hydrogens is 234 g/mol. The fraction of sp³-hybridized carbons (Fsp3) is 0.455. The number of aromatic nitrogens is 3. The van der Waals surface area contributed by atoms with E-state index in [1.165, 1.54) is 4.88 Å². The van der Waals surface area contributed by atoms with Gasteiger partial charge in [-0.25, -0.2) is 4.98 Å². The van der Waals surface area contributed by atoms with Crippen molar-refractivity contribution < 1.29 is 0 Å². The topological polar surface area (TPSA) is 65.6 Å². The van der Waals surface area contributed by atoms with Crippen molar-refractivity contribution in [3.63, 3.8) is 0 Å². The summed E-state index contributed by atoms with van der Waals surface area (Å²) in [7, 11) is 1.90. The molecule has 6 heteroatoms. The van der Waals surface area contributed by atoms with E-state index in [4.69, 9.17) is 0 Å². The van der Waals surface area contributed by atoms with Gasteiger partial charge in [-0.2, -0.15) is 5.10 Å². The van der Waals surface area contributed by atoms with E-state index in [0.717, 1.165) is 35.2 Å². The number of aromatic amines is 1. The molecule has 2 aromatic rings. The Morgan fingerprint density at radius 2 is 2.24 bits per heavy atom. The van der Waals surface area contributed by atoms with Crippen LogP contribution in [0.4, 0.5) is 10.9 Å². The molecule has 0 aromatic carbocycles. The van der Waals surface area contributed by atoms with E-state index in [-0.39, 0.29) is 0 Å². The first-order chi connectivity index (χ1) is 8.38. The Hall–Kier alpha value is -1.56. The molecule has 0 aliphatic carbocycles. The third kappa shape index (κ3) is 2.12. The van der Waals surface area contributed by atoms with Crippen LogP contribution < -0.4 is 10.6 Å². The Balaban J connectivity index is 0.000000514. The van der Waals surface area contributed by atoms with E-state index in [2.05, 4.69) is 25.8 Å². The number of rotatable bonds is 1. The molecule has 0 saturated carbocycles. The summed E-state index contributed by atoms with van der Waals surface area (Å²) in [6, 6.07) is 0. The zero-order valence-corrected chi connectivity index (χ0v) is 11.1. The van der Waals surface area contributed by atoms with Gasteiger partial charge in [0.2, 0.25) is 0 Å². The molecule has 0 spiro atoms. The lowest BCUT2D eigenvalue weighted by Crippen LogP contribution is -2.02. The fourth-order valence-corrected chi connectivity index (χ4v) is 2.67. The molecule has 1 aliphatic rings. The lowest BCUT2D eigenvalue weighted by Gasteiger charge is -1.98. The number of nitrogens with one attached hydrogen (secondary N) is 3. The van der Waals surface area contributed by atoms with Crippen molar-refractivity contribution in [2.24, 2.45) is 0 Å². The van der Waals surface area contributed by atoms with Gasteiger partial charge in [0, 0.05) is 24.9 Å². The molecule has 0 atom stereocenters. The molecule has 0 bridgehead atoms. The van der Waals surface area contributed by atoms with Crippen LogP contribution in [-0.2, 0) is 6.42 Å². The van der Waals surface area contributed by atoms with Crippen LogP contribution in [0, 0.1) is 0 Å². The molecule has 1 aliphatic heterocycles. The van der Waals surface area contributed by atoms with E-state index < -0.39 is 0 Å². The SMILES string of the molecule is CC.CNc1nc2c(s1)CCNc1[nH]ncc1-2. The molecular formula is C11H17N5S. The predicted molar refractivity (Wildman–Crippen MR) is 72.8 cm³/mol. The second-order valence-electron chi connectivity index (χ2n) is 3.38. The van der Waals surface area contributed by atoms with Gasteiger partial charge >= 0.3 is 0 Å². The summed E-state index contributed by atoms with van der Waals surface area (Å²) in [6.45, 7) is 4.92. The highest BCUT2D eigenvalue weighted by molar-refractivity contribution is 7.16. The highest BCUT2D eigenvalue weighted by Gasteiger charge is 2.19. The van der Waals surface area contributed by atoms with Gasteiger partial charge in [0.1, 0.15) is 5.82 Å². The summed E-state index contributed by atoms with van der Waals surface area (Å²) < 4.78 is 0. The Kier molecular flexibility index (Phi) is 3.63. The molecule has 0 amide bonds. The van der Waals surface area contributed by atoms with Crippen molar-refractivity contribution in [2.45, 2.75) is 20.3 Å². The molecule has 0 radical (unpaired) electrons. The van der Waals surface area contributed by atoms with Crippen LogP contribution in [0.2, 0.25) is 0 Å². The largest absolute Gasteiger partial charge is 0.370 e. The monoisotopic (exact) mass is 251 g/mol. The maximum absolute atomic E-state index is 4.55. The smallest absolute Gasteiger partial charge is 0.183 e. The Bertz CT molecular complexity index is 488. The molecule has 3 heterocycles. The molecule has 0 unspecified atom stereocenters. The first-order valence-corrected chi connectivity index (χ1v) is 6.65. The van der Waals surface area contributed by atoms with Crippen molar-refractivity contribution in [3.8, 4) is 11.3 Å². The highest BCUT2D eigenvalue weighted by atomic mass is 32.1. The zero-order valence-electron chi connectivity index (χ0n) is 10.3. The Morgan fingerprint density at radius 3 is 3.00 bits per heavy atom. The van der Waals surface area contributed by atoms with E-state index in [1.807, 2.05) is 27.1 Å². The van der Waals surface area contributed by atoms with Gasteiger partial charge in [-0.1, -0.05) is 13.8 Å². The molecule has 0 saturated heterocycles. The van der Waals surface area contributed by atoms with Gasteiger partial charge in [-0.15, -0.1) is 11.3 Å². The van der Waals surface area contributed by atoms with Crippen molar-refractivity contribution in [2.75, 3.05) is 24.2 Å². The molecule has 92 valence electrons. The van der Waals surface area contributed by atoms with Gasteiger partial charge in [-0.05, 0) is 0 Å². The number of fused-ring (bicyclic) bond motifs is 3. The second-order valence-corrected chi connectivity index (χ2v) is 4.46. The Labute approximate surface area is 105 Å². The second kappa shape index (κ2) is 5.18. The minimum atomic E-state index is 0.924. The number of thiazole rings is 1. The Morgan fingerprint density at radius 1 is 1.41 bits per heavy atom. The van der Waals surface area contributed by atoms with E-state index in [0.29, 0.717) is 0 Å². The molecule has 0 fully saturated rings. The van der Waals surface area contributed by atoms with E-state index in [9.17, 15) is 0 Å². The third-order valence-electron chi connectivity index (χ3n) is 2.46.